The van der Waals surface area contributed by atoms with E-state index in [1.807, 2.05) is 0 Å². The van der Waals surface area contributed by atoms with Crippen molar-refractivity contribution in [3.8, 4) is 5.88 Å². The number of nitrogens with zero attached hydrogens (tertiary/aromatic N) is 2. The molecular weight excluding hydrogens is 405 g/mol. The van der Waals surface area contributed by atoms with Gasteiger partial charge in [-0.25, -0.2) is 18.2 Å². The van der Waals surface area contributed by atoms with E-state index in [2.05, 4.69) is 4.98 Å². The Kier molecular flexibility index (Phi) is 7.00. The van der Waals surface area contributed by atoms with E-state index in [0.29, 0.717) is 44.5 Å². The van der Waals surface area contributed by atoms with Gasteiger partial charge in [0.25, 0.3) is 5.91 Å². The Labute approximate surface area is 172 Å². The Morgan fingerprint density at radius 2 is 1.93 bits per heavy atom. The molecule has 1 aromatic heterocycles. The predicted octanol–water partition coefficient (Wildman–Crippen LogP) is 5.21. The summed E-state index contributed by atoms with van der Waals surface area (Å²) < 4.78 is 46.7. The summed E-state index contributed by atoms with van der Waals surface area (Å²) in [5.74, 6) is -1.05. The summed E-state index contributed by atoms with van der Waals surface area (Å²) >= 11 is 5.73. The number of likely N-dealkylation sites (tertiary alicyclic amines) is 1. The van der Waals surface area contributed by atoms with Crippen molar-refractivity contribution < 1.29 is 22.7 Å². The molecule has 0 radical (unpaired) electrons. The van der Waals surface area contributed by atoms with Crippen molar-refractivity contribution in [1.82, 2.24) is 9.88 Å². The fourth-order valence-electron chi connectivity index (χ4n) is 3.36. The Morgan fingerprint density at radius 3 is 2.62 bits per heavy atom. The van der Waals surface area contributed by atoms with Crippen LogP contribution < -0.4 is 4.74 Å². The standard InChI is InChI=1S/C21H22ClF3N2O2/c22-17-13-15(3-4-18(17)24)20(28)27-10-7-21(25,8-11-27)6-1-2-12-29-19-14-16(23)5-9-26-19/h3-5,9,13-14H,1-2,6-8,10-12H2. The Hall–Kier alpha value is -2.28. The molecule has 8 heteroatoms. The minimum Gasteiger partial charge on any atom is -0.478 e. The van der Waals surface area contributed by atoms with Crippen LogP contribution in [0.5, 0.6) is 5.88 Å². The number of unbranched alkanes of at least 4 members (excludes halogenated alkanes) is 1. The lowest BCUT2D eigenvalue weighted by Crippen LogP contribution is -2.44. The largest absolute Gasteiger partial charge is 0.478 e. The maximum Gasteiger partial charge on any atom is 0.253 e. The zero-order chi connectivity index (χ0) is 20.9. The number of carbonyl (C=O) groups excluding carboxylic acids is 1. The van der Waals surface area contributed by atoms with E-state index in [1.165, 1.54) is 30.5 Å². The van der Waals surface area contributed by atoms with Gasteiger partial charge in [-0.3, -0.25) is 4.79 Å². The highest BCUT2D eigenvalue weighted by atomic mass is 35.5. The van der Waals surface area contributed by atoms with Crippen LogP contribution in [0.25, 0.3) is 0 Å². The molecule has 2 heterocycles. The smallest absolute Gasteiger partial charge is 0.253 e. The molecule has 0 bridgehead atoms. The van der Waals surface area contributed by atoms with Gasteiger partial charge >= 0.3 is 0 Å². The van der Waals surface area contributed by atoms with Gasteiger partial charge in [-0.2, -0.15) is 0 Å². The van der Waals surface area contributed by atoms with Gasteiger partial charge in [0, 0.05) is 30.9 Å². The van der Waals surface area contributed by atoms with E-state index in [-0.39, 0.29) is 29.7 Å². The topological polar surface area (TPSA) is 42.4 Å². The molecule has 0 N–H and O–H groups in total. The zero-order valence-electron chi connectivity index (χ0n) is 15.8. The average molecular weight is 427 g/mol. The highest BCUT2D eigenvalue weighted by Crippen LogP contribution is 2.32. The molecule has 1 saturated heterocycles. The molecule has 1 fully saturated rings. The number of pyridine rings is 1. The first-order chi connectivity index (χ1) is 13.9. The summed E-state index contributed by atoms with van der Waals surface area (Å²) in [6, 6.07) is 6.28. The molecule has 0 aliphatic carbocycles. The Bertz CT molecular complexity index is 858. The fraction of sp³-hybridized carbons (Fsp3) is 0.429. The molecular formula is C21H22ClF3N2O2. The van der Waals surface area contributed by atoms with Crippen molar-refractivity contribution in [2.75, 3.05) is 19.7 Å². The fourth-order valence-corrected chi connectivity index (χ4v) is 3.54. The summed E-state index contributed by atoms with van der Waals surface area (Å²) in [6.07, 6.45) is 3.45. The second-order valence-corrected chi connectivity index (χ2v) is 7.60. The normalized spacial score (nSPS) is 15.9. The third kappa shape index (κ3) is 5.85. The Morgan fingerprint density at radius 1 is 1.17 bits per heavy atom. The van der Waals surface area contributed by atoms with Crippen LogP contribution in [0.4, 0.5) is 13.2 Å². The number of hydrogen-bond donors (Lipinski definition) is 0. The van der Waals surface area contributed by atoms with Crippen LogP contribution in [0.1, 0.15) is 42.5 Å². The first-order valence-corrected chi connectivity index (χ1v) is 9.92. The van der Waals surface area contributed by atoms with Crippen LogP contribution in [0.3, 0.4) is 0 Å². The lowest BCUT2D eigenvalue weighted by molar-refractivity contribution is 0.0382. The highest BCUT2D eigenvalue weighted by Gasteiger charge is 2.35. The first-order valence-electron chi connectivity index (χ1n) is 9.54. The molecule has 0 atom stereocenters. The lowest BCUT2D eigenvalue weighted by atomic mass is 9.88. The van der Waals surface area contributed by atoms with Crippen LogP contribution in [0, 0.1) is 11.6 Å². The van der Waals surface area contributed by atoms with E-state index in [9.17, 15) is 13.6 Å². The van der Waals surface area contributed by atoms with Gasteiger partial charge in [-0.15, -0.1) is 0 Å². The monoisotopic (exact) mass is 426 g/mol. The molecule has 3 rings (SSSR count). The minimum atomic E-state index is -1.33. The number of amides is 1. The van der Waals surface area contributed by atoms with Crippen LogP contribution in [-0.2, 0) is 0 Å². The van der Waals surface area contributed by atoms with Crippen molar-refractivity contribution in [2.24, 2.45) is 0 Å². The van der Waals surface area contributed by atoms with E-state index in [0.717, 1.165) is 6.07 Å². The third-order valence-electron chi connectivity index (χ3n) is 5.08. The van der Waals surface area contributed by atoms with Gasteiger partial charge in [0.1, 0.15) is 17.3 Å². The number of benzene rings is 1. The van der Waals surface area contributed by atoms with Crippen LogP contribution in [0.15, 0.2) is 36.5 Å². The predicted molar refractivity (Wildman–Crippen MR) is 104 cm³/mol. The third-order valence-corrected chi connectivity index (χ3v) is 5.37. The second-order valence-electron chi connectivity index (χ2n) is 7.19. The molecule has 0 saturated carbocycles. The SMILES string of the molecule is O=C(c1ccc(F)c(Cl)c1)N1CCC(F)(CCCCOc2cc(F)ccn2)CC1. The number of piperidine rings is 1. The summed E-state index contributed by atoms with van der Waals surface area (Å²) in [7, 11) is 0. The number of ether oxygens (including phenoxy) is 1. The average Bonchev–Trinajstić information content (AvgIpc) is 2.70. The molecule has 1 aliphatic heterocycles. The second kappa shape index (κ2) is 9.48. The van der Waals surface area contributed by atoms with Crippen LogP contribution in [-0.4, -0.2) is 41.2 Å². The molecule has 1 amide bonds. The van der Waals surface area contributed by atoms with Gasteiger partial charge in [0.15, 0.2) is 0 Å². The molecule has 156 valence electrons. The first kappa shape index (κ1) is 21.4. The minimum absolute atomic E-state index is 0.108. The van der Waals surface area contributed by atoms with E-state index >= 15 is 4.39 Å². The van der Waals surface area contributed by atoms with Gasteiger partial charge in [-0.05, 0) is 56.4 Å². The molecule has 0 unspecified atom stereocenters. The summed E-state index contributed by atoms with van der Waals surface area (Å²) in [5, 5.41) is -0.108. The molecule has 2 aromatic rings. The maximum atomic E-state index is 15.0. The molecule has 1 aromatic carbocycles. The lowest BCUT2D eigenvalue weighted by Gasteiger charge is -2.36. The van der Waals surface area contributed by atoms with E-state index in [4.69, 9.17) is 16.3 Å². The van der Waals surface area contributed by atoms with Gasteiger partial charge in [0.05, 0.1) is 11.6 Å². The van der Waals surface area contributed by atoms with Crippen LogP contribution >= 0.6 is 11.6 Å². The number of alkyl halides is 1. The van der Waals surface area contributed by atoms with Gasteiger partial charge < -0.3 is 9.64 Å². The molecule has 0 spiro atoms. The quantitative estimate of drug-likeness (QED) is 0.571. The van der Waals surface area contributed by atoms with Gasteiger partial charge in [-0.1, -0.05) is 11.6 Å². The highest BCUT2D eigenvalue weighted by molar-refractivity contribution is 6.31. The van der Waals surface area contributed by atoms with Crippen molar-refractivity contribution in [3.63, 3.8) is 0 Å². The number of aromatic nitrogens is 1. The number of rotatable bonds is 7. The number of carbonyl (C=O) groups is 1. The van der Waals surface area contributed by atoms with Crippen molar-refractivity contribution >= 4 is 17.5 Å². The Balaban J connectivity index is 1.40. The van der Waals surface area contributed by atoms with Gasteiger partial charge in [0.2, 0.25) is 5.88 Å². The summed E-state index contributed by atoms with van der Waals surface area (Å²) in [6.45, 7) is 0.935. The zero-order valence-corrected chi connectivity index (χ0v) is 16.6. The summed E-state index contributed by atoms with van der Waals surface area (Å²) in [5.41, 5.74) is -1.03. The number of halogens is 4. The van der Waals surface area contributed by atoms with E-state index in [1.54, 1.807) is 4.90 Å². The van der Waals surface area contributed by atoms with Crippen molar-refractivity contribution in [2.45, 2.75) is 37.8 Å². The molecule has 1 aliphatic rings. The van der Waals surface area contributed by atoms with Crippen molar-refractivity contribution in [1.29, 1.82) is 0 Å². The van der Waals surface area contributed by atoms with E-state index < -0.39 is 17.3 Å². The van der Waals surface area contributed by atoms with Crippen LogP contribution in [0.2, 0.25) is 5.02 Å². The molecule has 29 heavy (non-hydrogen) atoms. The van der Waals surface area contributed by atoms with Crippen molar-refractivity contribution in [3.05, 3.63) is 58.7 Å². The number of hydrogen-bond acceptors (Lipinski definition) is 3. The molecule has 4 nitrogen and oxygen atoms in total. The summed E-state index contributed by atoms with van der Waals surface area (Å²) in [4.78, 5) is 18.0. The maximum absolute atomic E-state index is 15.0.